The van der Waals surface area contributed by atoms with Gasteiger partial charge in [0.1, 0.15) is 0 Å². The molecule has 2 aromatic rings. The maximum Gasteiger partial charge on any atom is 0.0607 e. The number of nitrogens with one attached hydrogen (secondary N) is 1. The third-order valence-corrected chi connectivity index (χ3v) is 4.73. The van der Waals surface area contributed by atoms with Gasteiger partial charge in [-0.3, -0.25) is 5.01 Å². The fourth-order valence-corrected chi connectivity index (χ4v) is 3.13. The highest BCUT2D eigenvalue weighted by molar-refractivity contribution is 5.78. The summed E-state index contributed by atoms with van der Waals surface area (Å²) in [5, 5.41) is 5.18. The van der Waals surface area contributed by atoms with E-state index in [4.69, 9.17) is 12.3 Å². The Labute approximate surface area is 150 Å². The average Bonchev–Trinajstić information content (AvgIpc) is 3.17. The minimum atomic E-state index is 0.678. The predicted molar refractivity (Wildman–Crippen MR) is 106 cm³/mol. The van der Waals surface area contributed by atoms with E-state index in [1.54, 1.807) is 5.01 Å². The van der Waals surface area contributed by atoms with Crippen LogP contribution in [0.3, 0.4) is 0 Å². The van der Waals surface area contributed by atoms with Crippen molar-refractivity contribution in [1.82, 2.24) is 5.32 Å². The average molecular weight is 331 g/mol. The number of allylic oxidation sites excluding steroid dienone is 1. The Kier molecular flexibility index (Phi) is 5.55. The van der Waals surface area contributed by atoms with E-state index in [0.717, 1.165) is 42.0 Å². The molecule has 0 amide bonds. The number of benzene rings is 2. The van der Waals surface area contributed by atoms with Crippen LogP contribution in [0.15, 0.2) is 54.6 Å². The number of nitrogens with two attached hydrogens (primary N) is 1. The van der Waals surface area contributed by atoms with Gasteiger partial charge in [-0.15, -0.1) is 6.42 Å². The molecule has 0 aliphatic carbocycles. The van der Waals surface area contributed by atoms with Crippen molar-refractivity contribution >= 4 is 11.4 Å². The summed E-state index contributed by atoms with van der Waals surface area (Å²) in [4.78, 5) is 0. The first-order chi connectivity index (χ1) is 12.2. The second kappa shape index (κ2) is 8.02. The van der Waals surface area contributed by atoms with Crippen LogP contribution in [0.4, 0.5) is 5.69 Å². The number of nitrogens with zero attached hydrogens (tertiary/aromatic N) is 1. The minimum absolute atomic E-state index is 0.678. The molecule has 128 valence electrons. The van der Waals surface area contributed by atoms with Gasteiger partial charge in [0.15, 0.2) is 0 Å². The van der Waals surface area contributed by atoms with Crippen LogP contribution in [0.1, 0.15) is 29.5 Å². The lowest BCUT2D eigenvalue weighted by Gasteiger charge is -2.23. The van der Waals surface area contributed by atoms with Gasteiger partial charge in [0.2, 0.25) is 0 Å². The molecule has 3 N–H and O–H groups in total. The van der Waals surface area contributed by atoms with Gasteiger partial charge in [-0.2, -0.15) is 0 Å². The van der Waals surface area contributed by atoms with E-state index in [2.05, 4.69) is 48.5 Å². The van der Waals surface area contributed by atoms with Crippen LogP contribution in [0, 0.1) is 25.2 Å². The molecule has 3 rings (SSSR count). The molecule has 0 radical (unpaired) electrons. The Balaban J connectivity index is 1.89. The van der Waals surface area contributed by atoms with E-state index >= 15 is 0 Å². The lowest BCUT2D eigenvalue weighted by molar-refractivity contribution is 0.593. The van der Waals surface area contributed by atoms with Gasteiger partial charge in [-0.1, -0.05) is 41.8 Å². The topological polar surface area (TPSA) is 41.3 Å². The number of hydrazine groups is 1. The van der Waals surface area contributed by atoms with Gasteiger partial charge in [0, 0.05) is 5.56 Å². The summed E-state index contributed by atoms with van der Waals surface area (Å²) in [6.45, 7) is 4.29. The molecular weight excluding hydrogens is 306 g/mol. The zero-order chi connectivity index (χ0) is 17.6. The van der Waals surface area contributed by atoms with E-state index in [-0.39, 0.29) is 0 Å². The van der Waals surface area contributed by atoms with Crippen LogP contribution in [0.2, 0.25) is 0 Å². The van der Waals surface area contributed by atoms with Gasteiger partial charge >= 0.3 is 0 Å². The predicted octanol–water partition coefficient (Wildman–Crippen LogP) is 3.70. The number of aryl methyl sites for hydroxylation is 1. The molecule has 25 heavy (non-hydrogen) atoms. The standard InChI is InChI=1S/C22H25N3/c1-3-18-6-11-21(12-7-18)25(23)22(13-8-19-14-15-24-16-19)20-9-4-17(2)5-10-20/h1,4-7,9-13,19,24H,8,14-16,23H2,2H3/b22-13-. The van der Waals surface area contributed by atoms with Crippen LogP contribution in [0.25, 0.3) is 5.70 Å². The van der Waals surface area contributed by atoms with Gasteiger partial charge in [0.05, 0.1) is 11.4 Å². The molecule has 0 bridgehead atoms. The van der Waals surface area contributed by atoms with Crippen LogP contribution in [-0.2, 0) is 0 Å². The summed E-state index contributed by atoms with van der Waals surface area (Å²) in [6.07, 6.45) is 9.95. The van der Waals surface area contributed by atoms with E-state index < -0.39 is 0 Å². The van der Waals surface area contributed by atoms with E-state index in [1.165, 1.54) is 12.0 Å². The molecule has 1 aliphatic heterocycles. The highest BCUT2D eigenvalue weighted by atomic mass is 15.4. The molecule has 3 heteroatoms. The fourth-order valence-electron chi connectivity index (χ4n) is 3.13. The normalized spacial score (nSPS) is 17.3. The summed E-state index contributed by atoms with van der Waals surface area (Å²) < 4.78 is 0. The lowest BCUT2D eigenvalue weighted by Crippen LogP contribution is -2.29. The SMILES string of the molecule is C#Cc1ccc(N(N)/C(=C\CC2CCNC2)c2ccc(C)cc2)cc1. The zero-order valence-corrected chi connectivity index (χ0v) is 14.7. The molecule has 0 aromatic heterocycles. The van der Waals surface area contributed by atoms with Crippen LogP contribution < -0.4 is 16.2 Å². The molecule has 3 nitrogen and oxygen atoms in total. The summed E-state index contributed by atoms with van der Waals surface area (Å²) in [6, 6.07) is 16.3. The van der Waals surface area contributed by atoms with Gasteiger partial charge < -0.3 is 5.32 Å². The van der Waals surface area contributed by atoms with Crippen molar-refractivity contribution in [2.75, 3.05) is 18.1 Å². The largest absolute Gasteiger partial charge is 0.316 e. The van der Waals surface area contributed by atoms with E-state index in [1.807, 2.05) is 24.3 Å². The van der Waals surface area contributed by atoms with Crippen molar-refractivity contribution < 1.29 is 0 Å². The zero-order valence-electron chi connectivity index (χ0n) is 14.7. The van der Waals surface area contributed by atoms with E-state index in [0.29, 0.717) is 5.92 Å². The highest BCUT2D eigenvalue weighted by Gasteiger charge is 2.15. The Bertz CT molecular complexity index is 760. The lowest BCUT2D eigenvalue weighted by atomic mass is 10.0. The van der Waals surface area contributed by atoms with Gasteiger partial charge in [-0.05, 0) is 68.6 Å². The van der Waals surface area contributed by atoms with Gasteiger partial charge in [-0.25, -0.2) is 5.84 Å². The maximum atomic E-state index is 6.48. The van der Waals surface area contributed by atoms with E-state index in [9.17, 15) is 0 Å². The molecule has 1 fully saturated rings. The molecule has 1 atom stereocenters. The molecule has 2 aromatic carbocycles. The van der Waals surface area contributed by atoms with Crippen molar-refractivity contribution in [3.8, 4) is 12.3 Å². The third kappa shape index (κ3) is 4.30. The Morgan fingerprint density at radius 2 is 1.96 bits per heavy atom. The quantitative estimate of drug-likeness (QED) is 0.499. The van der Waals surface area contributed by atoms with Crippen molar-refractivity contribution in [3.63, 3.8) is 0 Å². The summed E-state index contributed by atoms with van der Waals surface area (Å²) in [5.74, 6) is 9.80. The Hall–Kier alpha value is -2.54. The van der Waals surface area contributed by atoms with Crippen LogP contribution in [-0.4, -0.2) is 13.1 Å². The molecule has 1 unspecified atom stereocenters. The van der Waals surface area contributed by atoms with Crippen molar-refractivity contribution in [2.45, 2.75) is 19.8 Å². The van der Waals surface area contributed by atoms with Crippen molar-refractivity contribution in [1.29, 1.82) is 0 Å². The third-order valence-electron chi connectivity index (χ3n) is 4.73. The monoisotopic (exact) mass is 331 g/mol. The Morgan fingerprint density at radius 1 is 1.24 bits per heavy atom. The summed E-state index contributed by atoms with van der Waals surface area (Å²) >= 11 is 0. The fraction of sp³-hybridized carbons (Fsp3) is 0.273. The number of hydrogen-bond acceptors (Lipinski definition) is 3. The Morgan fingerprint density at radius 3 is 2.56 bits per heavy atom. The first-order valence-corrected chi connectivity index (χ1v) is 8.77. The second-order valence-corrected chi connectivity index (χ2v) is 6.61. The maximum absolute atomic E-state index is 6.48. The van der Waals surface area contributed by atoms with Crippen LogP contribution in [0.5, 0.6) is 0 Å². The first kappa shape index (κ1) is 17.3. The summed E-state index contributed by atoms with van der Waals surface area (Å²) in [5.41, 5.74) is 5.18. The first-order valence-electron chi connectivity index (χ1n) is 8.77. The molecule has 1 saturated heterocycles. The number of rotatable bonds is 5. The minimum Gasteiger partial charge on any atom is -0.316 e. The second-order valence-electron chi connectivity index (χ2n) is 6.61. The molecular formula is C22H25N3. The molecule has 0 spiro atoms. The van der Waals surface area contributed by atoms with Crippen LogP contribution >= 0.6 is 0 Å². The smallest absolute Gasteiger partial charge is 0.0607 e. The van der Waals surface area contributed by atoms with Gasteiger partial charge in [0.25, 0.3) is 0 Å². The molecule has 0 saturated carbocycles. The number of anilines is 1. The van der Waals surface area contributed by atoms with Crippen molar-refractivity contribution in [2.24, 2.45) is 11.8 Å². The van der Waals surface area contributed by atoms with Crippen molar-refractivity contribution in [3.05, 3.63) is 71.3 Å². The molecule has 1 aliphatic rings. The summed E-state index contributed by atoms with van der Waals surface area (Å²) in [7, 11) is 0. The number of hydrogen-bond donors (Lipinski definition) is 2. The number of terminal acetylenes is 1. The highest BCUT2D eigenvalue weighted by Crippen LogP contribution is 2.26. The molecule has 1 heterocycles.